The average Bonchev–Trinajstić information content (AvgIpc) is 2.79. The van der Waals surface area contributed by atoms with Gasteiger partial charge in [0.1, 0.15) is 11.4 Å². The maximum Gasteiger partial charge on any atom is 0.246 e. The fourth-order valence-electron chi connectivity index (χ4n) is 2.79. The summed E-state index contributed by atoms with van der Waals surface area (Å²) in [4.78, 5) is 8.37. The first-order valence-electron chi connectivity index (χ1n) is 9.22. The number of halogens is 4. The van der Waals surface area contributed by atoms with Crippen molar-refractivity contribution in [1.29, 1.82) is 0 Å². The molecule has 10 nitrogen and oxygen atoms in total. The summed E-state index contributed by atoms with van der Waals surface area (Å²) >= 11 is 24.5. The zero-order valence-electron chi connectivity index (χ0n) is 16.5. The van der Waals surface area contributed by atoms with Crippen molar-refractivity contribution >= 4 is 69.9 Å². The zero-order chi connectivity index (χ0) is 23.5. The van der Waals surface area contributed by atoms with Gasteiger partial charge in [-0.25, -0.2) is 0 Å². The van der Waals surface area contributed by atoms with Crippen molar-refractivity contribution in [2.75, 3.05) is 28.8 Å². The molecule has 0 bridgehead atoms. The Morgan fingerprint density at radius 2 is 1.06 bits per heavy atom. The second-order valence-corrected chi connectivity index (χ2v) is 8.04. The smallest absolute Gasteiger partial charge is 0.246 e. The predicted octanol–water partition coefficient (Wildman–Crippen LogP) is 4.65. The second-order valence-electron chi connectivity index (χ2n) is 6.47. The highest BCUT2D eigenvalue weighted by Crippen LogP contribution is 2.35. The molecule has 0 aliphatic rings. The lowest BCUT2D eigenvalue weighted by molar-refractivity contribution is 0.944. The summed E-state index contributed by atoms with van der Waals surface area (Å²) in [6.45, 7) is 0.136. The van der Waals surface area contributed by atoms with Crippen LogP contribution >= 0.6 is 46.4 Å². The van der Waals surface area contributed by atoms with Gasteiger partial charge in [0.05, 0.1) is 26.8 Å². The Morgan fingerprint density at radius 1 is 0.636 bits per heavy atom. The van der Waals surface area contributed by atoms with E-state index in [0.29, 0.717) is 42.6 Å². The monoisotopic (exact) mass is 522 g/mol. The minimum Gasteiger partial charge on any atom is -0.382 e. The molecule has 2 aromatic carbocycles. The molecule has 0 aliphatic heterocycles. The lowest BCUT2D eigenvalue weighted by atomic mass is 10.1. The van der Waals surface area contributed by atoms with E-state index in [-0.39, 0.29) is 30.2 Å². The van der Waals surface area contributed by atoms with Crippen LogP contribution in [0.4, 0.5) is 23.5 Å². The summed E-state index contributed by atoms with van der Waals surface area (Å²) in [6.07, 6.45) is 0. The van der Waals surface area contributed by atoms with E-state index in [1.807, 2.05) is 0 Å². The summed E-state index contributed by atoms with van der Waals surface area (Å²) in [7, 11) is 0. The first-order chi connectivity index (χ1) is 15.8. The Balaban J connectivity index is 1.43. The molecule has 0 atom stereocenters. The molecular weight excluding hydrogens is 510 g/mol. The number of rotatable bonds is 6. The van der Waals surface area contributed by atoms with Crippen molar-refractivity contribution in [3.63, 3.8) is 0 Å². The number of aromatic nitrogens is 6. The van der Waals surface area contributed by atoms with E-state index >= 15 is 0 Å². The lowest BCUT2D eigenvalue weighted by Crippen LogP contribution is -2.17. The summed E-state index contributed by atoms with van der Waals surface area (Å²) in [5.41, 5.74) is 13.7. The van der Waals surface area contributed by atoms with E-state index < -0.39 is 0 Å². The van der Waals surface area contributed by atoms with Crippen LogP contribution in [0.15, 0.2) is 36.4 Å². The number of nitrogens with one attached hydrogen (secondary N) is 2. The van der Waals surface area contributed by atoms with Gasteiger partial charge in [0, 0.05) is 11.1 Å². The van der Waals surface area contributed by atoms with Gasteiger partial charge in [-0.05, 0) is 12.1 Å². The first kappa shape index (κ1) is 23.0. The third kappa shape index (κ3) is 4.93. The number of nitrogens with two attached hydrogens (primary N) is 2. The van der Waals surface area contributed by atoms with Gasteiger partial charge in [-0.2, -0.15) is 9.97 Å². The van der Waals surface area contributed by atoms with Crippen LogP contribution < -0.4 is 22.1 Å². The predicted molar refractivity (Wildman–Crippen MR) is 132 cm³/mol. The lowest BCUT2D eigenvalue weighted by Gasteiger charge is -2.11. The topological polar surface area (TPSA) is 153 Å². The van der Waals surface area contributed by atoms with Gasteiger partial charge >= 0.3 is 0 Å². The molecule has 6 N–H and O–H groups in total. The summed E-state index contributed by atoms with van der Waals surface area (Å²) < 4.78 is 0. The van der Waals surface area contributed by atoms with E-state index in [1.54, 1.807) is 36.4 Å². The molecule has 2 heterocycles. The molecule has 2 aromatic heterocycles. The molecule has 4 aromatic rings. The highest BCUT2D eigenvalue weighted by atomic mass is 35.5. The summed E-state index contributed by atoms with van der Waals surface area (Å²) in [5.74, 6) is 0.596. The molecule has 0 saturated heterocycles. The largest absolute Gasteiger partial charge is 0.382 e. The van der Waals surface area contributed by atoms with Gasteiger partial charge in [0.2, 0.25) is 11.9 Å². The SMILES string of the molecule is Nc1nc(NCNc2nnc(-c3cccc(Cl)c3Cl)c(N)n2)nnc1-c1cccc(Cl)c1Cl. The molecule has 0 spiro atoms. The number of nitrogen functional groups attached to an aromatic ring is 2. The van der Waals surface area contributed by atoms with Crippen LogP contribution in [0, 0.1) is 0 Å². The van der Waals surface area contributed by atoms with E-state index in [1.165, 1.54) is 0 Å². The van der Waals surface area contributed by atoms with Gasteiger partial charge < -0.3 is 22.1 Å². The third-order valence-electron chi connectivity index (χ3n) is 4.33. The molecule has 0 saturated carbocycles. The number of anilines is 4. The molecule has 14 heteroatoms. The molecule has 0 unspecified atom stereocenters. The molecule has 0 fully saturated rings. The standard InChI is InChI=1S/C19H14Cl4N10/c20-10-5-1-3-8(12(10)22)14-16(24)28-18(32-30-14)26-7-27-19-29-17(25)15(31-33-19)9-4-2-6-11(21)13(9)23/h1-6H,7H2,(H3,24,26,28,32)(H3,25,27,29,33). The van der Waals surface area contributed by atoms with Gasteiger partial charge in [-0.15, -0.1) is 20.4 Å². The highest BCUT2D eigenvalue weighted by Gasteiger charge is 2.15. The molecule has 168 valence electrons. The maximum atomic E-state index is 6.22. The second kappa shape index (κ2) is 9.75. The van der Waals surface area contributed by atoms with Crippen LogP contribution in [0.3, 0.4) is 0 Å². The fraction of sp³-hybridized carbons (Fsp3) is 0.0526. The van der Waals surface area contributed by atoms with Crippen LogP contribution in [-0.4, -0.2) is 37.0 Å². The highest BCUT2D eigenvalue weighted by molar-refractivity contribution is 6.44. The normalized spacial score (nSPS) is 10.8. The van der Waals surface area contributed by atoms with E-state index in [2.05, 4.69) is 41.0 Å². The molecule has 4 rings (SSSR count). The van der Waals surface area contributed by atoms with Crippen molar-refractivity contribution in [2.45, 2.75) is 0 Å². The number of hydrogen-bond donors (Lipinski definition) is 4. The van der Waals surface area contributed by atoms with Crippen LogP contribution in [0.25, 0.3) is 22.5 Å². The molecule has 0 amide bonds. The van der Waals surface area contributed by atoms with Crippen molar-refractivity contribution < 1.29 is 0 Å². The Morgan fingerprint density at radius 3 is 1.45 bits per heavy atom. The third-order valence-corrected chi connectivity index (χ3v) is 5.97. The van der Waals surface area contributed by atoms with E-state index in [0.717, 1.165) is 0 Å². The average molecular weight is 524 g/mol. The van der Waals surface area contributed by atoms with Gasteiger partial charge in [-0.1, -0.05) is 70.7 Å². The van der Waals surface area contributed by atoms with Crippen LogP contribution in [0.1, 0.15) is 0 Å². The van der Waals surface area contributed by atoms with Gasteiger partial charge in [0.15, 0.2) is 11.6 Å². The van der Waals surface area contributed by atoms with Crippen LogP contribution in [-0.2, 0) is 0 Å². The summed E-state index contributed by atoms with van der Waals surface area (Å²) in [6, 6.07) is 10.2. The maximum absolute atomic E-state index is 6.22. The van der Waals surface area contributed by atoms with Crippen molar-refractivity contribution in [1.82, 2.24) is 30.4 Å². The van der Waals surface area contributed by atoms with Crippen LogP contribution in [0.5, 0.6) is 0 Å². The minimum atomic E-state index is 0.126. The number of hydrogen-bond acceptors (Lipinski definition) is 10. The molecule has 0 aliphatic carbocycles. The molecular formula is C19H14Cl4N10. The zero-order valence-corrected chi connectivity index (χ0v) is 19.5. The minimum absolute atomic E-state index is 0.126. The first-order valence-corrected chi connectivity index (χ1v) is 10.7. The Labute approximate surface area is 207 Å². The summed E-state index contributed by atoms with van der Waals surface area (Å²) in [5, 5.41) is 23.4. The quantitative estimate of drug-likeness (QED) is 0.262. The van der Waals surface area contributed by atoms with Crippen molar-refractivity contribution in [2.24, 2.45) is 0 Å². The van der Waals surface area contributed by atoms with Crippen LogP contribution in [0.2, 0.25) is 20.1 Å². The van der Waals surface area contributed by atoms with Gasteiger partial charge in [-0.3, -0.25) is 0 Å². The molecule has 0 radical (unpaired) electrons. The number of benzene rings is 2. The Bertz CT molecular complexity index is 1230. The van der Waals surface area contributed by atoms with E-state index in [9.17, 15) is 0 Å². The Hall–Kier alpha value is -3.18. The van der Waals surface area contributed by atoms with E-state index in [4.69, 9.17) is 57.9 Å². The van der Waals surface area contributed by atoms with Gasteiger partial charge in [0.25, 0.3) is 0 Å². The van der Waals surface area contributed by atoms with Crippen molar-refractivity contribution in [3.05, 3.63) is 56.5 Å². The van der Waals surface area contributed by atoms with Crippen molar-refractivity contribution in [3.8, 4) is 22.5 Å². The number of nitrogens with zero attached hydrogens (tertiary/aromatic N) is 6. The Kier molecular flexibility index (Phi) is 6.80. The molecule has 33 heavy (non-hydrogen) atoms. The fourth-order valence-corrected chi connectivity index (χ4v) is 3.57.